The van der Waals surface area contributed by atoms with E-state index in [0.29, 0.717) is 19.4 Å². The van der Waals surface area contributed by atoms with Crippen molar-refractivity contribution >= 4 is 23.1 Å². The zero-order valence-corrected chi connectivity index (χ0v) is 16.1. The molecule has 0 atom stereocenters. The minimum Gasteiger partial charge on any atom is -0.493 e. The lowest BCUT2D eigenvalue weighted by Gasteiger charge is -2.10. The molecule has 28 heavy (non-hydrogen) atoms. The van der Waals surface area contributed by atoms with Gasteiger partial charge >= 0.3 is 0 Å². The maximum Gasteiger partial charge on any atom is 0.224 e. The summed E-state index contributed by atoms with van der Waals surface area (Å²) in [7, 11) is 0. The molecule has 0 fully saturated rings. The Balaban J connectivity index is 1.42. The van der Waals surface area contributed by atoms with Gasteiger partial charge in [0.1, 0.15) is 17.9 Å². The lowest BCUT2D eigenvalue weighted by atomic mass is 10.2. The number of anilines is 3. The van der Waals surface area contributed by atoms with E-state index < -0.39 is 0 Å². The van der Waals surface area contributed by atoms with Crippen molar-refractivity contribution in [3.05, 3.63) is 72.2 Å². The second-order valence-electron chi connectivity index (χ2n) is 6.51. The molecule has 1 amide bonds. The zero-order valence-electron chi connectivity index (χ0n) is 16.1. The van der Waals surface area contributed by atoms with Gasteiger partial charge in [0.05, 0.1) is 6.61 Å². The van der Waals surface area contributed by atoms with Crippen LogP contribution in [0.3, 0.4) is 0 Å². The Morgan fingerprint density at radius 2 is 1.75 bits per heavy atom. The first-order valence-corrected chi connectivity index (χ1v) is 9.24. The smallest absolute Gasteiger partial charge is 0.224 e. The van der Waals surface area contributed by atoms with Crippen LogP contribution in [0.25, 0.3) is 0 Å². The fourth-order valence-corrected chi connectivity index (χ4v) is 2.66. The highest BCUT2D eigenvalue weighted by molar-refractivity contribution is 5.90. The first kappa shape index (κ1) is 19.4. The monoisotopic (exact) mass is 376 g/mol. The number of carbonyl (C=O) groups is 1. The van der Waals surface area contributed by atoms with Gasteiger partial charge in [0.25, 0.3) is 0 Å². The number of para-hydroxylation sites is 1. The average Bonchev–Trinajstić information content (AvgIpc) is 2.68. The van der Waals surface area contributed by atoms with Crippen LogP contribution in [0.15, 0.2) is 60.9 Å². The topological polar surface area (TPSA) is 76.1 Å². The van der Waals surface area contributed by atoms with Crippen LogP contribution in [-0.2, 0) is 4.79 Å². The Labute approximate surface area is 165 Å². The van der Waals surface area contributed by atoms with E-state index in [4.69, 9.17) is 4.74 Å². The molecule has 0 aliphatic carbocycles. The van der Waals surface area contributed by atoms with E-state index in [1.165, 1.54) is 6.33 Å². The van der Waals surface area contributed by atoms with Gasteiger partial charge in [0.15, 0.2) is 0 Å². The fourth-order valence-electron chi connectivity index (χ4n) is 2.66. The lowest BCUT2D eigenvalue weighted by molar-refractivity contribution is -0.116. The standard InChI is InChI=1S/C22H24N4O2/c1-16-6-3-4-7-20(16)28-13-5-8-22(27)26-19-11-9-18(10-12-19)25-21-14-17(2)23-15-24-21/h3-4,6-7,9-12,14-15H,5,8,13H2,1-2H3,(H,26,27)(H,23,24,25). The molecule has 1 aromatic heterocycles. The third kappa shape index (κ3) is 5.81. The van der Waals surface area contributed by atoms with Gasteiger partial charge in [-0.15, -0.1) is 0 Å². The molecule has 0 spiro atoms. The predicted molar refractivity (Wildman–Crippen MR) is 111 cm³/mol. The molecule has 0 unspecified atom stereocenters. The Morgan fingerprint density at radius 1 is 1.00 bits per heavy atom. The lowest BCUT2D eigenvalue weighted by Crippen LogP contribution is -2.12. The van der Waals surface area contributed by atoms with Crippen molar-refractivity contribution in [1.82, 2.24) is 9.97 Å². The van der Waals surface area contributed by atoms with Crippen LogP contribution >= 0.6 is 0 Å². The van der Waals surface area contributed by atoms with Crippen molar-refractivity contribution in [1.29, 1.82) is 0 Å². The number of aromatic nitrogens is 2. The van der Waals surface area contributed by atoms with Gasteiger partial charge < -0.3 is 15.4 Å². The van der Waals surface area contributed by atoms with Gasteiger partial charge in [-0.05, 0) is 56.2 Å². The number of benzene rings is 2. The molecule has 3 rings (SSSR count). The van der Waals surface area contributed by atoms with E-state index in [-0.39, 0.29) is 5.91 Å². The van der Waals surface area contributed by atoms with Crippen LogP contribution in [0, 0.1) is 13.8 Å². The van der Waals surface area contributed by atoms with E-state index in [1.54, 1.807) is 0 Å². The maximum atomic E-state index is 12.1. The van der Waals surface area contributed by atoms with E-state index in [2.05, 4.69) is 20.6 Å². The maximum absolute atomic E-state index is 12.1. The van der Waals surface area contributed by atoms with Crippen molar-refractivity contribution in [2.24, 2.45) is 0 Å². The molecule has 3 aromatic rings. The van der Waals surface area contributed by atoms with Gasteiger partial charge in [-0.25, -0.2) is 9.97 Å². The minimum absolute atomic E-state index is 0.0273. The van der Waals surface area contributed by atoms with E-state index in [1.807, 2.05) is 68.4 Å². The molecule has 0 aliphatic heterocycles. The number of rotatable bonds is 8. The third-order valence-corrected chi connectivity index (χ3v) is 4.14. The number of hydrogen-bond acceptors (Lipinski definition) is 5. The molecule has 144 valence electrons. The van der Waals surface area contributed by atoms with Gasteiger partial charge in [0.2, 0.25) is 5.91 Å². The number of nitrogens with zero attached hydrogens (tertiary/aromatic N) is 2. The number of aryl methyl sites for hydroxylation is 2. The van der Waals surface area contributed by atoms with Crippen molar-refractivity contribution in [2.75, 3.05) is 17.2 Å². The molecule has 0 saturated heterocycles. The number of amides is 1. The van der Waals surface area contributed by atoms with E-state index >= 15 is 0 Å². The van der Waals surface area contributed by atoms with Crippen LogP contribution < -0.4 is 15.4 Å². The second-order valence-corrected chi connectivity index (χ2v) is 6.51. The van der Waals surface area contributed by atoms with Crippen LogP contribution in [0.2, 0.25) is 0 Å². The van der Waals surface area contributed by atoms with E-state index in [0.717, 1.165) is 34.2 Å². The highest BCUT2D eigenvalue weighted by Gasteiger charge is 2.04. The minimum atomic E-state index is -0.0273. The van der Waals surface area contributed by atoms with Crippen LogP contribution in [0.1, 0.15) is 24.1 Å². The third-order valence-electron chi connectivity index (χ3n) is 4.14. The summed E-state index contributed by atoms with van der Waals surface area (Å²) in [6.45, 7) is 4.43. The highest BCUT2D eigenvalue weighted by atomic mass is 16.5. The Kier molecular flexibility index (Phi) is 6.57. The van der Waals surface area contributed by atoms with Crippen LogP contribution in [0.4, 0.5) is 17.2 Å². The van der Waals surface area contributed by atoms with Gasteiger partial charge in [-0.1, -0.05) is 18.2 Å². The molecule has 6 heteroatoms. The molecule has 0 radical (unpaired) electrons. The molecule has 0 saturated carbocycles. The quantitative estimate of drug-likeness (QED) is 0.560. The summed E-state index contributed by atoms with van der Waals surface area (Å²) in [4.78, 5) is 20.3. The van der Waals surface area contributed by atoms with Crippen molar-refractivity contribution in [3.8, 4) is 5.75 Å². The van der Waals surface area contributed by atoms with E-state index in [9.17, 15) is 4.79 Å². The number of hydrogen-bond donors (Lipinski definition) is 2. The zero-order chi connectivity index (χ0) is 19.8. The Hall–Kier alpha value is -3.41. The molecule has 2 aromatic carbocycles. The van der Waals surface area contributed by atoms with Crippen LogP contribution in [0.5, 0.6) is 5.75 Å². The average molecular weight is 376 g/mol. The summed E-state index contributed by atoms with van der Waals surface area (Å²) in [5.74, 6) is 1.57. The summed E-state index contributed by atoms with van der Waals surface area (Å²) in [5, 5.41) is 6.11. The van der Waals surface area contributed by atoms with Gasteiger partial charge in [-0.3, -0.25) is 4.79 Å². The first-order chi connectivity index (χ1) is 13.6. The molecule has 2 N–H and O–H groups in total. The van der Waals surface area contributed by atoms with Gasteiger partial charge in [-0.2, -0.15) is 0 Å². The highest BCUT2D eigenvalue weighted by Crippen LogP contribution is 2.18. The molecule has 0 bridgehead atoms. The molecular weight excluding hydrogens is 352 g/mol. The van der Waals surface area contributed by atoms with Crippen molar-refractivity contribution < 1.29 is 9.53 Å². The Morgan fingerprint density at radius 3 is 2.50 bits per heavy atom. The van der Waals surface area contributed by atoms with Crippen molar-refractivity contribution in [2.45, 2.75) is 26.7 Å². The molecule has 1 heterocycles. The summed E-state index contributed by atoms with van der Waals surface area (Å²) in [6, 6.07) is 17.2. The summed E-state index contributed by atoms with van der Waals surface area (Å²) in [5.41, 5.74) is 3.64. The molecule has 6 nitrogen and oxygen atoms in total. The summed E-state index contributed by atoms with van der Waals surface area (Å²) >= 11 is 0. The summed E-state index contributed by atoms with van der Waals surface area (Å²) in [6.07, 6.45) is 2.59. The fraction of sp³-hybridized carbons (Fsp3) is 0.227. The first-order valence-electron chi connectivity index (χ1n) is 9.24. The van der Waals surface area contributed by atoms with Crippen LogP contribution in [-0.4, -0.2) is 22.5 Å². The largest absolute Gasteiger partial charge is 0.493 e. The number of nitrogens with one attached hydrogen (secondary N) is 2. The molecule has 0 aliphatic rings. The second kappa shape index (κ2) is 9.50. The predicted octanol–water partition coefficient (Wildman–Crippen LogP) is 4.63. The Bertz CT molecular complexity index is 926. The van der Waals surface area contributed by atoms with Crippen molar-refractivity contribution in [3.63, 3.8) is 0 Å². The summed E-state index contributed by atoms with van der Waals surface area (Å²) < 4.78 is 5.72. The number of carbonyl (C=O) groups excluding carboxylic acids is 1. The molecular formula is C22H24N4O2. The normalized spacial score (nSPS) is 10.4. The van der Waals surface area contributed by atoms with Gasteiger partial charge in [0, 0.05) is 29.6 Å². The number of ether oxygens (including phenoxy) is 1. The SMILES string of the molecule is Cc1cc(Nc2ccc(NC(=O)CCCOc3ccccc3C)cc2)ncn1.